The fourth-order valence-electron chi connectivity index (χ4n) is 3.90. The molecule has 2 heterocycles. The molecule has 0 unspecified atom stereocenters. The number of piperazine rings is 1. The van der Waals surface area contributed by atoms with Crippen molar-refractivity contribution >= 4 is 35.0 Å². The van der Waals surface area contributed by atoms with Crippen LogP contribution in [0.4, 0.5) is 0 Å². The number of nitrogens with one attached hydrogen (secondary N) is 2. The summed E-state index contributed by atoms with van der Waals surface area (Å²) in [6.45, 7) is 1.13. The first-order valence-corrected chi connectivity index (χ1v) is 10.1. The molecule has 146 valence electrons. The van der Waals surface area contributed by atoms with Crippen molar-refractivity contribution in [1.82, 2.24) is 15.5 Å². The van der Waals surface area contributed by atoms with E-state index in [4.69, 9.17) is 23.2 Å². The van der Waals surface area contributed by atoms with E-state index in [1.54, 1.807) is 17.0 Å². The first-order chi connectivity index (χ1) is 13.5. The Bertz CT molecular complexity index is 887. The zero-order valence-corrected chi connectivity index (χ0v) is 16.7. The van der Waals surface area contributed by atoms with Crippen LogP contribution in [0, 0.1) is 0 Å². The van der Waals surface area contributed by atoms with E-state index in [-0.39, 0.29) is 17.9 Å². The normalized spacial score (nSPS) is 24.2. The quantitative estimate of drug-likeness (QED) is 0.785. The molecular weight excluding hydrogens is 397 g/mol. The van der Waals surface area contributed by atoms with Crippen LogP contribution >= 0.6 is 23.2 Å². The van der Waals surface area contributed by atoms with Crippen molar-refractivity contribution in [2.45, 2.75) is 37.5 Å². The molecule has 2 N–H and O–H groups in total. The summed E-state index contributed by atoms with van der Waals surface area (Å²) < 4.78 is 0. The van der Waals surface area contributed by atoms with Crippen molar-refractivity contribution in [2.75, 3.05) is 6.54 Å². The Morgan fingerprint density at radius 1 is 1.07 bits per heavy atom. The van der Waals surface area contributed by atoms with E-state index in [1.807, 2.05) is 36.4 Å². The monoisotopic (exact) mass is 417 g/mol. The van der Waals surface area contributed by atoms with Crippen LogP contribution in [0.1, 0.15) is 17.5 Å². The molecule has 0 bridgehead atoms. The molecule has 28 heavy (non-hydrogen) atoms. The maximum atomic E-state index is 12.9. The number of carbonyl (C=O) groups excluding carboxylic acids is 2. The average molecular weight is 418 g/mol. The van der Waals surface area contributed by atoms with Gasteiger partial charge in [-0.1, -0.05) is 53.5 Å². The third-order valence-electron chi connectivity index (χ3n) is 5.39. The fourth-order valence-corrected chi connectivity index (χ4v) is 4.22. The summed E-state index contributed by atoms with van der Waals surface area (Å²) in [7, 11) is 0. The minimum atomic E-state index is -0.535. The summed E-state index contributed by atoms with van der Waals surface area (Å²) in [5.41, 5.74) is 1.97. The smallest absolute Gasteiger partial charge is 0.246 e. The van der Waals surface area contributed by atoms with Crippen molar-refractivity contribution in [3.8, 4) is 0 Å². The first kappa shape index (κ1) is 19.2. The molecule has 7 heteroatoms. The van der Waals surface area contributed by atoms with Crippen LogP contribution in [0.5, 0.6) is 0 Å². The summed E-state index contributed by atoms with van der Waals surface area (Å²) in [6, 6.07) is 14.1. The maximum Gasteiger partial charge on any atom is 0.246 e. The van der Waals surface area contributed by atoms with Crippen molar-refractivity contribution in [3.05, 3.63) is 69.7 Å². The molecule has 0 saturated carbocycles. The van der Waals surface area contributed by atoms with Gasteiger partial charge in [-0.15, -0.1) is 0 Å². The highest BCUT2D eigenvalue weighted by Gasteiger charge is 2.46. The van der Waals surface area contributed by atoms with E-state index < -0.39 is 12.1 Å². The first-order valence-electron chi connectivity index (χ1n) is 9.33. The van der Waals surface area contributed by atoms with Crippen LogP contribution in [0.2, 0.25) is 10.0 Å². The van der Waals surface area contributed by atoms with Gasteiger partial charge < -0.3 is 15.5 Å². The summed E-state index contributed by atoms with van der Waals surface area (Å²) >= 11 is 12.1. The van der Waals surface area contributed by atoms with Crippen LogP contribution in [0.3, 0.4) is 0 Å². The molecule has 4 rings (SSSR count). The number of amides is 2. The molecule has 0 aromatic heterocycles. The standard InChI is InChI=1S/C21H21Cl2N3O2/c22-15-7-5-13(6-8-15)9-18-21(28)26-12-16(10-19(26)20(27)25-18)24-11-14-3-1-2-4-17(14)23/h1-8,16,18-19,24H,9-12H2,(H,25,27)/t16-,18-,19-/m0/s1. The number of rotatable bonds is 5. The van der Waals surface area contributed by atoms with E-state index >= 15 is 0 Å². The highest BCUT2D eigenvalue weighted by Crippen LogP contribution is 2.25. The molecule has 2 aromatic rings. The molecule has 0 spiro atoms. The fraction of sp³-hybridized carbons (Fsp3) is 0.333. The van der Waals surface area contributed by atoms with E-state index in [1.165, 1.54) is 0 Å². The number of halogens is 2. The lowest BCUT2D eigenvalue weighted by atomic mass is 10.0. The van der Waals surface area contributed by atoms with Gasteiger partial charge in [0.15, 0.2) is 0 Å². The Hall–Kier alpha value is -2.08. The summed E-state index contributed by atoms with van der Waals surface area (Å²) in [6.07, 6.45) is 1.07. The largest absolute Gasteiger partial charge is 0.342 e. The lowest BCUT2D eigenvalue weighted by Crippen LogP contribution is -2.61. The van der Waals surface area contributed by atoms with Crippen molar-refractivity contribution in [1.29, 1.82) is 0 Å². The van der Waals surface area contributed by atoms with Crippen LogP contribution in [0.25, 0.3) is 0 Å². The average Bonchev–Trinajstić information content (AvgIpc) is 3.12. The SMILES string of the molecule is O=C1N[C@@H](Cc2ccc(Cl)cc2)C(=O)N2C[C@@H](NCc3ccccc3Cl)C[C@@H]12. The van der Waals surface area contributed by atoms with Crippen LogP contribution in [-0.2, 0) is 22.6 Å². The maximum absolute atomic E-state index is 12.9. The van der Waals surface area contributed by atoms with Crippen molar-refractivity contribution in [3.63, 3.8) is 0 Å². The van der Waals surface area contributed by atoms with Crippen LogP contribution in [-0.4, -0.2) is 41.4 Å². The van der Waals surface area contributed by atoms with Gasteiger partial charge in [0.05, 0.1) is 0 Å². The predicted molar refractivity (Wildman–Crippen MR) is 109 cm³/mol. The molecule has 2 saturated heterocycles. The lowest BCUT2D eigenvalue weighted by molar-refractivity contribution is -0.147. The zero-order valence-electron chi connectivity index (χ0n) is 15.2. The molecule has 2 fully saturated rings. The topological polar surface area (TPSA) is 61.4 Å². The summed E-state index contributed by atoms with van der Waals surface area (Å²) in [4.78, 5) is 27.2. The van der Waals surface area contributed by atoms with Gasteiger partial charge in [0.25, 0.3) is 0 Å². The molecule has 2 aliphatic heterocycles. The second kappa shape index (κ2) is 8.11. The van der Waals surface area contributed by atoms with Crippen molar-refractivity contribution < 1.29 is 9.59 Å². The Balaban J connectivity index is 1.40. The van der Waals surface area contributed by atoms with E-state index in [0.29, 0.717) is 36.0 Å². The number of hydrogen-bond donors (Lipinski definition) is 2. The molecule has 0 aliphatic carbocycles. The minimum Gasteiger partial charge on any atom is -0.342 e. The van der Waals surface area contributed by atoms with E-state index in [2.05, 4.69) is 10.6 Å². The predicted octanol–water partition coefficient (Wildman–Crippen LogP) is 2.79. The van der Waals surface area contributed by atoms with Gasteiger partial charge in [-0.2, -0.15) is 0 Å². The lowest BCUT2D eigenvalue weighted by Gasteiger charge is -2.34. The van der Waals surface area contributed by atoms with Gasteiger partial charge in [-0.25, -0.2) is 0 Å². The van der Waals surface area contributed by atoms with Gasteiger partial charge in [-0.3, -0.25) is 9.59 Å². The molecule has 3 atom stereocenters. The van der Waals surface area contributed by atoms with Gasteiger partial charge in [0.2, 0.25) is 11.8 Å². The Kier molecular flexibility index (Phi) is 5.58. The Labute approximate surface area is 174 Å². The second-order valence-electron chi connectivity index (χ2n) is 7.30. The number of benzene rings is 2. The number of carbonyl (C=O) groups is 2. The molecule has 2 amide bonds. The van der Waals surface area contributed by atoms with Crippen molar-refractivity contribution in [2.24, 2.45) is 0 Å². The van der Waals surface area contributed by atoms with Gasteiger partial charge in [0, 0.05) is 35.6 Å². The van der Waals surface area contributed by atoms with Gasteiger partial charge in [0.1, 0.15) is 12.1 Å². The molecule has 0 radical (unpaired) electrons. The molecular formula is C21H21Cl2N3O2. The molecule has 5 nitrogen and oxygen atoms in total. The van der Waals surface area contributed by atoms with E-state index in [0.717, 1.165) is 11.1 Å². The third kappa shape index (κ3) is 4.02. The summed E-state index contributed by atoms with van der Waals surface area (Å²) in [5.74, 6) is -0.109. The number of fused-ring (bicyclic) bond motifs is 1. The minimum absolute atomic E-state index is 0.0263. The second-order valence-corrected chi connectivity index (χ2v) is 8.15. The van der Waals surface area contributed by atoms with E-state index in [9.17, 15) is 9.59 Å². The Morgan fingerprint density at radius 2 is 1.82 bits per heavy atom. The third-order valence-corrected chi connectivity index (χ3v) is 6.01. The van der Waals surface area contributed by atoms with Gasteiger partial charge >= 0.3 is 0 Å². The molecule has 2 aliphatic rings. The highest BCUT2D eigenvalue weighted by atomic mass is 35.5. The van der Waals surface area contributed by atoms with Gasteiger partial charge in [-0.05, 0) is 35.7 Å². The summed E-state index contributed by atoms with van der Waals surface area (Å²) in [5, 5.41) is 7.68. The molecule has 2 aromatic carbocycles. The van der Waals surface area contributed by atoms with Crippen LogP contribution in [0.15, 0.2) is 48.5 Å². The highest BCUT2D eigenvalue weighted by molar-refractivity contribution is 6.31. The number of nitrogens with zero attached hydrogens (tertiary/aromatic N) is 1. The van der Waals surface area contributed by atoms with Crippen LogP contribution < -0.4 is 10.6 Å². The number of hydrogen-bond acceptors (Lipinski definition) is 3. The zero-order chi connectivity index (χ0) is 19.7. The Morgan fingerprint density at radius 3 is 2.57 bits per heavy atom.